The second-order valence-electron chi connectivity index (χ2n) is 7.22. The third-order valence-corrected chi connectivity index (χ3v) is 5.28. The van der Waals surface area contributed by atoms with Gasteiger partial charge in [-0.15, -0.1) is 0 Å². The second-order valence-corrected chi connectivity index (χ2v) is 7.22. The number of alkyl halides is 3. The fourth-order valence-electron chi connectivity index (χ4n) is 3.88. The average Bonchev–Trinajstić information content (AvgIpc) is 3.30. The highest BCUT2D eigenvalue weighted by Gasteiger charge is 2.34. The summed E-state index contributed by atoms with van der Waals surface area (Å²) in [6, 6.07) is 1.62. The van der Waals surface area contributed by atoms with Crippen LogP contribution in [-0.2, 0) is 23.9 Å². The summed E-state index contributed by atoms with van der Waals surface area (Å²) in [4.78, 5) is 30.9. The lowest BCUT2D eigenvalue weighted by Crippen LogP contribution is -2.41. The largest absolute Gasteiger partial charge is 0.433 e. The van der Waals surface area contributed by atoms with Crippen LogP contribution in [-0.4, -0.2) is 43.2 Å². The molecule has 2 aliphatic rings. The van der Waals surface area contributed by atoms with Crippen LogP contribution in [0.25, 0.3) is 0 Å². The number of likely N-dealkylation sites (tertiary alicyclic amines) is 1. The van der Waals surface area contributed by atoms with Gasteiger partial charge < -0.3 is 4.90 Å². The van der Waals surface area contributed by atoms with Gasteiger partial charge in [0.25, 0.3) is 0 Å². The summed E-state index contributed by atoms with van der Waals surface area (Å²) in [5.41, 5.74) is -0.955. The maximum Gasteiger partial charge on any atom is 0.433 e. The molecule has 0 saturated carbocycles. The van der Waals surface area contributed by atoms with Crippen LogP contribution in [0.15, 0.2) is 23.1 Å². The van der Waals surface area contributed by atoms with Crippen LogP contribution in [0.4, 0.5) is 13.2 Å². The number of hydrogen-bond acceptors (Lipinski definition) is 4. The zero-order chi connectivity index (χ0) is 19.9. The maximum absolute atomic E-state index is 12.9. The Bertz CT molecular complexity index is 926. The van der Waals surface area contributed by atoms with Crippen molar-refractivity contribution in [1.82, 2.24) is 24.2 Å². The van der Waals surface area contributed by atoms with E-state index in [4.69, 9.17) is 0 Å². The molecule has 0 unspecified atom stereocenters. The number of hydrogen-bond donors (Lipinski definition) is 0. The highest BCUT2D eigenvalue weighted by Crippen LogP contribution is 2.28. The number of carbonyl (C=O) groups is 1. The van der Waals surface area contributed by atoms with Crippen LogP contribution < -0.4 is 5.69 Å². The summed E-state index contributed by atoms with van der Waals surface area (Å²) < 4.78 is 40.6. The SMILES string of the molecule is O=C([C@H]1CCCc2nn(Cc3ccc(C(F)(F)F)nc3)c(=O)n21)N1CCCC1. The quantitative estimate of drug-likeness (QED) is 0.797. The normalized spacial score (nSPS) is 19.7. The van der Waals surface area contributed by atoms with Crippen molar-refractivity contribution in [3.05, 3.63) is 45.9 Å². The smallest absolute Gasteiger partial charge is 0.341 e. The maximum atomic E-state index is 12.9. The molecule has 1 amide bonds. The van der Waals surface area contributed by atoms with E-state index >= 15 is 0 Å². The Balaban J connectivity index is 1.59. The molecule has 0 N–H and O–H groups in total. The molecule has 0 bridgehead atoms. The van der Waals surface area contributed by atoms with E-state index in [2.05, 4.69) is 10.1 Å². The molecule has 1 saturated heterocycles. The second kappa shape index (κ2) is 7.06. The lowest BCUT2D eigenvalue weighted by atomic mass is 10.0. The Kier molecular flexibility index (Phi) is 4.72. The summed E-state index contributed by atoms with van der Waals surface area (Å²) in [6.07, 6.45) is 0.489. The molecule has 0 radical (unpaired) electrons. The fraction of sp³-hybridized carbons (Fsp3) is 0.556. The Morgan fingerprint density at radius 3 is 2.57 bits per heavy atom. The van der Waals surface area contributed by atoms with Gasteiger partial charge in [-0.05, 0) is 37.3 Å². The van der Waals surface area contributed by atoms with Crippen molar-refractivity contribution in [3.8, 4) is 0 Å². The summed E-state index contributed by atoms with van der Waals surface area (Å²) in [5, 5.41) is 4.32. The number of fused-ring (bicyclic) bond motifs is 1. The highest BCUT2D eigenvalue weighted by atomic mass is 19.4. The van der Waals surface area contributed by atoms with Crippen LogP contribution in [0.3, 0.4) is 0 Å². The number of carbonyl (C=O) groups excluding carboxylic acids is 1. The number of aryl methyl sites for hydroxylation is 1. The van der Waals surface area contributed by atoms with Gasteiger partial charge in [0, 0.05) is 25.7 Å². The number of nitrogens with zero attached hydrogens (tertiary/aromatic N) is 5. The van der Waals surface area contributed by atoms with E-state index in [1.54, 1.807) is 4.90 Å². The topological polar surface area (TPSA) is 73.0 Å². The van der Waals surface area contributed by atoms with Gasteiger partial charge in [0.2, 0.25) is 5.91 Å². The van der Waals surface area contributed by atoms with Gasteiger partial charge in [-0.25, -0.2) is 9.48 Å². The number of pyridine rings is 1. The summed E-state index contributed by atoms with van der Waals surface area (Å²) in [5.74, 6) is 0.505. The van der Waals surface area contributed by atoms with Crippen molar-refractivity contribution in [3.63, 3.8) is 0 Å². The zero-order valence-corrected chi connectivity index (χ0v) is 15.2. The van der Waals surface area contributed by atoms with E-state index in [9.17, 15) is 22.8 Å². The zero-order valence-electron chi connectivity index (χ0n) is 15.2. The number of rotatable bonds is 3. The third kappa shape index (κ3) is 3.43. The lowest BCUT2D eigenvalue weighted by Gasteiger charge is -2.27. The molecule has 0 spiro atoms. The van der Waals surface area contributed by atoms with E-state index in [1.807, 2.05) is 0 Å². The van der Waals surface area contributed by atoms with Crippen molar-refractivity contribution in [2.24, 2.45) is 0 Å². The van der Waals surface area contributed by atoms with Gasteiger partial charge in [-0.1, -0.05) is 6.07 Å². The predicted octanol–water partition coefficient (Wildman–Crippen LogP) is 2.01. The fourth-order valence-corrected chi connectivity index (χ4v) is 3.88. The third-order valence-electron chi connectivity index (χ3n) is 5.28. The molecule has 2 aromatic rings. The molecule has 1 atom stereocenters. The summed E-state index contributed by atoms with van der Waals surface area (Å²) in [6.45, 7) is 1.43. The Hall–Kier alpha value is -2.65. The minimum absolute atomic E-state index is 0.00853. The van der Waals surface area contributed by atoms with Crippen LogP contribution in [0.5, 0.6) is 0 Å². The van der Waals surface area contributed by atoms with E-state index in [0.717, 1.165) is 31.5 Å². The first-order chi connectivity index (χ1) is 13.3. The molecular weight excluding hydrogens is 375 g/mol. The number of aromatic nitrogens is 4. The molecular formula is C18H20F3N5O2. The van der Waals surface area contributed by atoms with Crippen LogP contribution in [0.2, 0.25) is 0 Å². The molecule has 4 rings (SSSR count). The minimum atomic E-state index is -4.51. The molecule has 0 aromatic carbocycles. The van der Waals surface area contributed by atoms with Gasteiger partial charge in [0.1, 0.15) is 17.6 Å². The number of amides is 1. The first-order valence-corrected chi connectivity index (χ1v) is 9.34. The lowest BCUT2D eigenvalue weighted by molar-refractivity contribution is -0.141. The predicted molar refractivity (Wildman–Crippen MR) is 92.6 cm³/mol. The van der Waals surface area contributed by atoms with Crippen LogP contribution in [0.1, 0.15) is 48.8 Å². The van der Waals surface area contributed by atoms with Gasteiger partial charge >= 0.3 is 11.9 Å². The van der Waals surface area contributed by atoms with Crippen LogP contribution in [0, 0.1) is 0 Å². The van der Waals surface area contributed by atoms with Crippen molar-refractivity contribution < 1.29 is 18.0 Å². The average molecular weight is 395 g/mol. The van der Waals surface area contributed by atoms with Crippen molar-refractivity contribution in [2.75, 3.05) is 13.1 Å². The monoisotopic (exact) mass is 395 g/mol. The molecule has 4 heterocycles. The Morgan fingerprint density at radius 1 is 1.18 bits per heavy atom. The van der Waals surface area contributed by atoms with Gasteiger partial charge in [0.05, 0.1) is 6.54 Å². The van der Waals surface area contributed by atoms with E-state index in [-0.39, 0.29) is 12.5 Å². The molecule has 1 fully saturated rings. The van der Waals surface area contributed by atoms with Crippen LogP contribution >= 0.6 is 0 Å². The van der Waals surface area contributed by atoms with Gasteiger partial charge in [-0.3, -0.25) is 14.3 Å². The molecule has 2 aromatic heterocycles. The standard InChI is InChI=1S/C18H20F3N5O2/c19-18(20,21)14-7-6-12(10-22-14)11-25-17(28)26-13(4-3-5-15(26)23-25)16(27)24-8-1-2-9-24/h6-7,10,13H,1-5,8-9,11H2/t13-/m1/s1. The molecule has 150 valence electrons. The molecule has 10 heteroatoms. The van der Waals surface area contributed by atoms with E-state index < -0.39 is 23.6 Å². The van der Waals surface area contributed by atoms with E-state index in [0.29, 0.717) is 37.3 Å². The molecule has 0 aliphatic carbocycles. The Labute approximate surface area is 158 Å². The first kappa shape index (κ1) is 18.7. The molecule has 28 heavy (non-hydrogen) atoms. The summed E-state index contributed by atoms with van der Waals surface area (Å²) in [7, 11) is 0. The Morgan fingerprint density at radius 2 is 1.93 bits per heavy atom. The van der Waals surface area contributed by atoms with E-state index in [1.165, 1.54) is 15.3 Å². The highest BCUT2D eigenvalue weighted by molar-refractivity contribution is 5.80. The number of halogens is 3. The van der Waals surface area contributed by atoms with Gasteiger partial charge in [-0.2, -0.15) is 18.3 Å². The van der Waals surface area contributed by atoms with Gasteiger partial charge in [0.15, 0.2) is 0 Å². The first-order valence-electron chi connectivity index (χ1n) is 9.34. The van der Waals surface area contributed by atoms with Crippen molar-refractivity contribution >= 4 is 5.91 Å². The molecule has 2 aliphatic heterocycles. The van der Waals surface area contributed by atoms with Crippen molar-refractivity contribution in [1.29, 1.82) is 0 Å². The minimum Gasteiger partial charge on any atom is -0.341 e. The summed E-state index contributed by atoms with van der Waals surface area (Å²) >= 11 is 0. The van der Waals surface area contributed by atoms with Crippen molar-refractivity contribution in [2.45, 2.75) is 50.9 Å². The molecule has 7 nitrogen and oxygen atoms in total.